The molecule has 0 aromatic heterocycles. The van der Waals surface area contributed by atoms with E-state index in [0.717, 1.165) is 25.8 Å². The first-order valence-electron chi connectivity index (χ1n) is 6.45. The summed E-state index contributed by atoms with van der Waals surface area (Å²) in [5.41, 5.74) is 5.94. The van der Waals surface area contributed by atoms with E-state index in [2.05, 4.69) is 5.32 Å². The second-order valence-electron chi connectivity index (χ2n) is 5.11. The van der Waals surface area contributed by atoms with Gasteiger partial charge in [-0.2, -0.15) is 0 Å². The fourth-order valence-corrected chi connectivity index (χ4v) is 2.78. The number of nitrogens with zero attached hydrogens (tertiary/aromatic N) is 1. The number of likely N-dealkylation sites (tertiary alicyclic amines) is 1. The van der Waals surface area contributed by atoms with E-state index < -0.39 is 0 Å². The Balaban J connectivity index is 2.03. The van der Waals surface area contributed by atoms with Gasteiger partial charge in [0.2, 0.25) is 11.8 Å². The molecule has 2 rings (SSSR count). The highest BCUT2D eigenvalue weighted by atomic mass is 16.2. The Labute approximate surface area is 102 Å². The third-order valence-corrected chi connectivity index (χ3v) is 3.73. The summed E-state index contributed by atoms with van der Waals surface area (Å²) in [5, 5.41) is 2.74. The topological polar surface area (TPSA) is 75.4 Å². The maximum Gasteiger partial charge on any atom is 0.245 e. The molecule has 17 heavy (non-hydrogen) atoms. The van der Waals surface area contributed by atoms with Gasteiger partial charge in [-0.05, 0) is 32.6 Å². The molecule has 0 spiro atoms. The predicted octanol–water partition coefficient (Wildman–Crippen LogP) is -0.00670. The minimum Gasteiger partial charge on any atom is -0.344 e. The van der Waals surface area contributed by atoms with Crippen molar-refractivity contribution in [2.45, 2.75) is 57.2 Å². The van der Waals surface area contributed by atoms with Crippen LogP contribution in [0.1, 0.15) is 39.0 Å². The average molecular weight is 239 g/mol. The van der Waals surface area contributed by atoms with Crippen LogP contribution < -0.4 is 11.1 Å². The number of carbonyl (C=O) groups excluding carboxylic acids is 2. The van der Waals surface area contributed by atoms with Crippen molar-refractivity contribution < 1.29 is 9.59 Å². The molecule has 0 saturated carbocycles. The molecule has 0 bridgehead atoms. The monoisotopic (exact) mass is 239 g/mol. The molecule has 2 heterocycles. The van der Waals surface area contributed by atoms with Gasteiger partial charge in [0.15, 0.2) is 0 Å². The van der Waals surface area contributed by atoms with E-state index in [4.69, 9.17) is 5.73 Å². The molecule has 0 aromatic carbocycles. The fourth-order valence-electron chi connectivity index (χ4n) is 2.78. The number of nitrogens with one attached hydrogen (secondary N) is 1. The first kappa shape index (κ1) is 12.4. The van der Waals surface area contributed by atoms with E-state index in [1.54, 1.807) is 0 Å². The van der Waals surface area contributed by atoms with Crippen LogP contribution in [0.2, 0.25) is 0 Å². The molecule has 3 atom stereocenters. The Hall–Kier alpha value is -1.10. The lowest BCUT2D eigenvalue weighted by molar-refractivity contribution is -0.138. The highest BCUT2D eigenvalue weighted by Gasteiger charge is 2.36. The van der Waals surface area contributed by atoms with Crippen LogP contribution in [0.15, 0.2) is 0 Å². The van der Waals surface area contributed by atoms with Crippen LogP contribution in [0.5, 0.6) is 0 Å². The van der Waals surface area contributed by atoms with Gasteiger partial charge in [0, 0.05) is 25.0 Å². The molecular formula is C12H21N3O2. The molecule has 2 fully saturated rings. The van der Waals surface area contributed by atoms with Gasteiger partial charge in [-0.25, -0.2) is 0 Å². The van der Waals surface area contributed by atoms with Gasteiger partial charge in [-0.3, -0.25) is 9.59 Å². The van der Waals surface area contributed by atoms with Crippen molar-refractivity contribution >= 4 is 11.8 Å². The van der Waals surface area contributed by atoms with Crippen LogP contribution >= 0.6 is 0 Å². The summed E-state index contributed by atoms with van der Waals surface area (Å²) in [4.78, 5) is 25.3. The largest absolute Gasteiger partial charge is 0.344 e. The molecule has 2 unspecified atom stereocenters. The maximum atomic E-state index is 12.3. The summed E-state index contributed by atoms with van der Waals surface area (Å²) in [6, 6.07) is -0.188. The van der Waals surface area contributed by atoms with Crippen molar-refractivity contribution in [3.63, 3.8) is 0 Å². The lowest BCUT2D eigenvalue weighted by Gasteiger charge is -2.39. The van der Waals surface area contributed by atoms with Crippen molar-refractivity contribution in [2.24, 2.45) is 5.73 Å². The maximum absolute atomic E-state index is 12.3. The summed E-state index contributed by atoms with van der Waals surface area (Å²) in [5.74, 6) is 0.0376. The van der Waals surface area contributed by atoms with E-state index in [-0.39, 0.29) is 29.9 Å². The number of rotatable bonds is 2. The van der Waals surface area contributed by atoms with Crippen LogP contribution in [0.3, 0.4) is 0 Å². The molecular weight excluding hydrogens is 218 g/mol. The van der Waals surface area contributed by atoms with Gasteiger partial charge >= 0.3 is 0 Å². The third-order valence-electron chi connectivity index (χ3n) is 3.73. The molecule has 3 N–H and O–H groups in total. The molecule has 0 radical (unpaired) electrons. The van der Waals surface area contributed by atoms with Gasteiger partial charge in [0.25, 0.3) is 0 Å². The molecule has 5 heteroatoms. The van der Waals surface area contributed by atoms with Crippen molar-refractivity contribution in [2.75, 3.05) is 6.54 Å². The van der Waals surface area contributed by atoms with Crippen LogP contribution in [0.25, 0.3) is 0 Å². The summed E-state index contributed by atoms with van der Waals surface area (Å²) >= 11 is 0. The standard InChI is InChI=1S/C12H21N3O2/c1-8(13)10-4-2-3-7-15(10)12(17)9-5-6-11(16)14-9/h8-10H,2-7,13H2,1H3,(H,14,16)/t8?,9-,10?/m0/s1. The molecule has 2 aliphatic rings. The highest BCUT2D eigenvalue weighted by Crippen LogP contribution is 2.21. The second-order valence-corrected chi connectivity index (χ2v) is 5.11. The Morgan fingerprint density at radius 1 is 1.47 bits per heavy atom. The van der Waals surface area contributed by atoms with Crippen LogP contribution in [0.4, 0.5) is 0 Å². The summed E-state index contributed by atoms with van der Waals surface area (Å²) in [6.45, 7) is 2.72. The van der Waals surface area contributed by atoms with Crippen LogP contribution in [-0.2, 0) is 9.59 Å². The summed E-state index contributed by atoms with van der Waals surface area (Å²) < 4.78 is 0. The minimum atomic E-state index is -0.318. The molecule has 5 nitrogen and oxygen atoms in total. The zero-order chi connectivity index (χ0) is 12.4. The molecule has 2 aliphatic heterocycles. The van der Waals surface area contributed by atoms with E-state index in [0.29, 0.717) is 12.8 Å². The van der Waals surface area contributed by atoms with Gasteiger partial charge in [0.05, 0.1) is 0 Å². The second kappa shape index (κ2) is 5.04. The molecule has 0 aromatic rings. The SMILES string of the molecule is CC(N)C1CCCCN1C(=O)[C@@H]1CCC(=O)N1. The van der Waals surface area contributed by atoms with E-state index >= 15 is 0 Å². The zero-order valence-electron chi connectivity index (χ0n) is 10.3. The number of carbonyl (C=O) groups is 2. The van der Waals surface area contributed by atoms with E-state index in [9.17, 15) is 9.59 Å². The number of amides is 2. The van der Waals surface area contributed by atoms with Crippen LogP contribution in [0, 0.1) is 0 Å². The van der Waals surface area contributed by atoms with Crippen molar-refractivity contribution in [3.8, 4) is 0 Å². The Morgan fingerprint density at radius 3 is 2.82 bits per heavy atom. The van der Waals surface area contributed by atoms with E-state index in [1.807, 2.05) is 11.8 Å². The van der Waals surface area contributed by atoms with Gasteiger partial charge in [-0.1, -0.05) is 0 Å². The fraction of sp³-hybridized carbons (Fsp3) is 0.833. The molecule has 2 amide bonds. The van der Waals surface area contributed by atoms with Crippen molar-refractivity contribution in [3.05, 3.63) is 0 Å². The highest BCUT2D eigenvalue weighted by molar-refractivity contribution is 5.91. The number of nitrogens with two attached hydrogens (primary N) is 1. The van der Waals surface area contributed by atoms with E-state index in [1.165, 1.54) is 0 Å². The first-order valence-corrected chi connectivity index (χ1v) is 6.45. The summed E-state index contributed by atoms with van der Waals surface area (Å²) in [6.07, 6.45) is 4.24. The normalized spacial score (nSPS) is 31.2. The quantitative estimate of drug-likeness (QED) is 0.712. The Bertz CT molecular complexity index is 317. The number of hydrogen-bond donors (Lipinski definition) is 2. The lowest BCUT2D eigenvalue weighted by atomic mass is 9.96. The van der Waals surface area contributed by atoms with Crippen molar-refractivity contribution in [1.29, 1.82) is 0 Å². The van der Waals surface area contributed by atoms with Gasteiger partial charge in [-0.15, -0.1) is 0 Å². The lowest BCUT2D eigenvalue weighted by Crippen LogP contribution is -2.56. The first-order chi connectivity index (χ1) is 8.09. The summed E-state index contributed by atoms with van der Waals surface area (Å²) in [7, 11) is 0. The molecule has 96 valence electrons. The van der Waals surface area contributed by atoms with Crippen LogP contribution in [-0.4, -0.2) is 41.4 Å². The molecule has 0 aliphatic carbocycles. The van der Waals surface area contributed by atoms with Gasteiger partial charge < -0.3 is 16.0 Å². The third kappa shape index (κ3) is 2.60. The minimum absolute atomic E-state index is 0.00338. The average Bonchev–Trinajstić information content (AvgIpc) is 2.75. The van der Waals surface area contributed by atoms with Gasteiger partial charge in [0.1, 0.15) is 6.04 Å². The number of hydrogen-bond acceptors (Lipinski definition) is 3. The predicted molar refractivity (Wildman–Crippen MR) is 64.2 cm³/mol. The van der Waals surface area contributed by atoms with Crippen molar-refractivity contribution in [1.82, 2.24) is 10.2 Å². The zero-order valence-corrected chi connectivity index (χ0v) is 10.3. The number of piperidine rings is 1. The Kier molecular flexibility index (Phi) is 3.66. The molecule has 2 saturated heterocycles. The Morgan fingerprint density at radius 2 is 2.24 bits per heavy atom. The smallest absolute Gasteiger partial charge is 0.245 e.